The van der Waals surface area contributed by atoms with E-state index in [2.05, 4.69) is 66.5 Å². The molecule has 4 heteroatoms. The van der Waals surface area contributed by atoms with E-state index < -0.39 is 0 Å². The van der Waals surface area contributed by atoms with E-state index in [1.807, 2.05) is 18.0 Å². The number of carbonyl (C=O) groups excluding carboxylic acids is 1. The number of likely N-dealkylation sites (tertiary alicyclic amines) is 1. The van der Waals surface area contributed by atoms with Crippen LogP contribution in [0.1, 0.15) is 23.1 Å². The van der Waals surface area contributed by atoms with E-state index in [0.29, 0.717) is 6.42 Å². The van der Waals surface area contributed by atoms with Crippen molar-refractivity contribution in [1.82, 2.24) is 9.88 Å². The Kier molecular flexibility index (Phi) is 2.72. The van der Waals surface area contributed by atoms with Crippen LogP contribution in [0.2, 0.25) is 0 Å². The molecule has 1 fully saturated rings. The molecule has 1 saturated heterocycles. The van der Waals surface area contributed by atoms with Crippen LogP contribution in [0, 0.1) is 6.92 Å². The van der Waals surface area contributed by atoms with Gasteiger partial charge in [-0.1, -0.05) is 35.9 Å². The number of carbonyl (C=O) groups is 1. The van der Waals surface area contributed by atoms with Crippen molar-refractivity contribution < 1.29 is 4.79 Å². The smallest absolute Gasteiger partial charge is 0.225 e. The predicted molar refractivity (Wildman–Crippen MR) is 99.8 cm³/mol. The molecule has 0 saturated carbocycles. The Morgan fingerprint density at radius 1 is 1.08 bits per heavy atom. The van der Waals surface area contributed by atoms with Crippen molar-refractivity contribution >= 4 is 22.5 Å². The number of aromatic amines is 1. The van der Waals surface area contributed by atoms with Crippen molar-refractivity contribution in [3.63, 3.8) is 0 Å². The van der Waals surface area contributed by atoms with E-state index in [4.69, 9.17) is 0 Å². The second-order valence-electron chi connectivity index (χ2n) is 7.41. The lowest BCUT2D eigenvalue weighted by Crippen LogP contribution is -2.47. The highest BCUT2D eigenvalue weighted by atomic mass is 16.2. The maximum absolute atomic E-state index is 12.8. The standard InChI is InChI=1S/C21H21N3O/c1-13-8-9-18-15(10-13)21(11-19(25)24(3)20(21)23(18)2)16-12-22-17-7-5-4-6-14(16)17/h4-10,12,20,22H,11H2,1-3H3/t20-,21-/m0/s1. The summed E-state index contributed by atoms with van der Waals surface area (Å²) in [6, 6.07) is 15.0. The van der Waals surface area contributed by atoms with Crippen molar-refractivity contribution in [1.29, 1.82) is 0 Å². The maximum Gasteiger partial charge on any atom is 0.225 e. The number of para-hydroxylation sites is 1. The van der Waals surface area contributed by atoms with E-state index >= 15 is 0 Å². The van der Waals surface area contributed by atoms with Crippen molar-refractivity contribution in [2.24, 2.45) is 0 Å². The second kappa shape index (κ2) is 4.66. The van der Waals surface area contributed by atoms with Crippen LogP contribution < -0.4 is 4.90 Å². The molecule has 3 heterocycles. The lowest BCUT2D eigenvalue weighted by atomic mass is 9.73. The molecule has 1 N–H and O–H groups in total. The van der Waals surface area contributed by atoms with Gasteiger partial charge in [-0.3, -0.25) is 4.79 Å². The van der Waals surface area contributed by atoms with Crippen LogP contribution in [0.5, 0.6) is 0 Å². The Morgan fingerprint density at radius 2 is 1.88 bits per heavy atom. The van der Waals surface area contributed by atoms with Gasteiger partial charge in [0.1, 0.15) is 6.17 Å². The van der Waals surface area contributed by atoms with E-state index in [1.54, 1.807) is 0 Å². The molecule has 25 heavy (non-hydrogen) atoms. The molecule has 0 aliphatic carbocycles. The molecule has 0 spiro atoms. The van der Waals surface area contributed by atoms with Gasteiger partial charge >= 0.3 is 0 Å². The largest absolute Gasteiger partial charge is 0.361 e. The number of aromatic nitrogens is 1. The number of likely N-dealkylation sites (N-methyl/N-ethyl adjacent to an activating group) is 2. The summed E-state index contributed by atoms with van der Waals surface area (Å²) in [5.74, 6) is 0.203. The first-order valence-corrected chi connectivity index (χ1v) is 8.70. The normalized spacial score (nSPS) is 24.9. The third-order valence-corrected chi connectivity index (χ3v) is 6.08. The number of nitrogens with one attached hydrogen (secondary N) is 1. The van der Waals surface area contributed by atoms with Crippen molar-refractivity contribution in [3.8, 4) is 0 Å². The summed E-state index contributed by atoms with van der Waals surface area (Å²) in [5.41, 5.74) is 5.73. The Bertz CT molecular complexity index is 1020. The molecule has 0 radical (unpaired) electrons. The SMILES string of the molecule is Cc1ccc2c(c1)[C@]1(c3c[nH]c4ccccc34)CC(=O)N(C)[C@@H]1N2C. The zero-order valence-electron chi connectivity index (χ0n) is 14.7. The van der Waals surface area contributed by atoms with Crippen molar-refractivity contribution in [3.05, 3.63) is 65.4 Å². The first kappa shape index (κ1) is 14.6. The summed E-state index contributed by atoms with van der Waals surface area (Å²) >= 11 is 0. The number of benzene rings is 2. The quantitative estimate of drug-likeness (QED) is 0.742. The molecule has 4 nitrogen and oxygen atoms in total. The van der Waals surface area contributed by atoms with Crippen molar-refractivity contribution in [2.75, 3.05) is 19.0 Å². The number of anilines is 1. The van der Waals surface area contributed by atoms with E-state index in [-0.39, 0.29) is 17.5 Å². The number of H-pyrrole nitrogens is 1. The summed E-state index contributed by atoms with van der Waals surface area (Å²) in [4.78, 5) is 20.3. The molecule has 2 aliphatic rings. The summed E-state index contributed by atoms with van der Waals surface area (Å²) in [6.45, 7) is 2.12. The van der Waals surface area contributed by atoms with Crippen LogP contribution in [-0.4, -0.2) is 36.1 Å². The number of rotatable bonds is 1. The Morgan fingerprint density at radius 3 is 2.72 bits per heavy atom. The van der Waals surface area contributed by atoms with Gasteiger partial charge < -0.3 is 14.8 Å². The van der Waals surface area contributed by atoms with Crippen LogP contribution in [0.3, 0.4) is 0 Å². The fraction of sp³-hybridized carbons (Fsp3) is 0.286. The van der Waals surface area contributed by atoms with Gasteiger partial charge in [-0.05, 0) is 30.2 Å². The zero-order valence-corrected chi connectivity index (χ0v) is 14.7. The average Bonchev–Trinajstić information content (AvgIpc) is 3.21. The third kappa shape index (κ3) is 1.64. The van der Waals surface area contributed by atoms with Crippen molar-refractivity contribution in [2.45, 2.75) is 24.9 Å². The fourth-order valence-corrected chi connectivity index (χ4v) is 5.01. The van der Waals surface area contributed by atoms with Gasteiger partial charge in [0.15, 0.2) is 0 Å². The van der Waals surface area contributed by atoms with Gasteiger partial charge in [0.25, 0.3) is 0 Å². The molecule has 1 aromatic heterocycles. The van der Waals surface area contributed by atoms with Crippen LogP contribution in [0.15, 0.2) is 48.7 Å². The van der Waals surface area contributed by atoms with E-state index in [1.165, 1.54) is 27.8 Å². The first-order valence-electron chi connectivity index (χ1n) is 8.70. The molecule has 0 unspecified atom stereocenters. The minimum absolute atomic E-state index is 0.0102. The zero-order chi connectivity index (χ0) is 17.3. The predicted octanol–water partition coefficient (Wildman–Crippen LogP) is 3.40. The lowest BCUT2D eigenvalue weighted by Gasteiger charge is -2.34. The number of hydrogen-bond acceptors (Lipinski definition) is 2. The molecule has 1 amide bonds. The Hall–Kier alpha value is -2.75. The van der Waals surface area contributed by atoms with E-state index in [0.717, 1.165) is 5.52 Å². The molecule has 3 aromatic rings. The fourth-order valence-electron chi connectivity index (χ4n) is 5.01. The number of amides is 1. The Balaban J connectivity index is 1.88. The summed E-state index contributed by atoms with van der Waals surface area (Å²) in [6.07, 6.45) is 2.63. The van der Waals surface area contributed by atoms with Crippen LogP contribution >= 0.6 is 0 Å². The third-order valence-electron chi connectivity index (χ3n) is 6.08. The number of hydrogen-bond donors (Lipinski definition) is 1. The molecule has 126 valence electrons. The summed E-state index contributed by atoms with van der Waals surface area (Å²) in [7, 11) is 4.03. The van der Waals surface area contributed by atoms with Gasteiger partial charge in [-0.15, -0.1) is 0 Å². The van der Waals surface area contributed by atoms with Gasteiger partial charge in [0.2, 0.25) is 5.91 Å². The van der Waals surface area contributed by atoms with Crippen LogP contribution in [0.25, 0.3) is 10.9 Å². The molecule has 2 aliphatic heterocycles. The van der Waals surface area contributed by atoms with Crippen LogP contribution in [-0.2, 0) is 10.2 Å². The first-order chi connectivity index (χ1) is 12.0. The van der Waals surface area contributed by atoms with Gasteiger partial charge in [0, 0.05) is 43.3 Å². The average molecular weight is 331 g/mol. The lowest BCUT2D eigenvalue weighted by molar-refractivity contribution is -0.127. The molecule has 2 atom stereocenters. The Labute approximate surface area is 147 Å². The highest BCUT2D eigenvalue weighted by molar-refractivity contribution is 5.93. The minimum Gasteiger partial charge on any atom is -0.361 e. The second-order valence-corrected chi connectivity index (χ2v) is 7.41. The molecule has 2 aromatic carbocycles. The summed E-state index contributed by atoms with van der Waals surface area (Å²) < 4.78 is 0. The van der Waals surface area contributed by atoms with Crippen LogP contribution in [0.4, 0.5) is 5.69 Å². The van der Waals surface area contributed by atoms with Gasteiger partial charge in [-0.2, -0.15) is 0 Å². The number of aryl methyl sites for hydroxylation is 1. The molecular weight excluding hydrogens is 310 g/mol. The molecule has 0 bridgehead atoms. The maximum atomic E-state index is 12.8. The minimum atomic E-state index is -0.332. The molecular formula is C21H21N3O. The number of fused-ring (bicyclic) bond motifs is 4. The molecule has 5 rings (SSSR count). The van der Waals surface area contributed by atoms with E-state index in [9.17, 15) is 4.79 Å². The van der Waals surface area contributed by atoms with Gasteiger partial charge in [0.05, 0.1) is 5.41 Å². The van der Waals surface area contributed by atoms with Gasteiger partial charge in [-0.25, -0.2) is 0 Å². The monoisotopic (exact) mass is 331 g/mol. The summed E-state index contributed by atoms with van der Waals surface area (Å²) in [5, 5.41) is 1.21. The topological polar surface area (TPSA) is 39.3 Å². The highest BCUT2D eigenvalue weighted by Crippen LogP contribution is 2.56. The number of nitrogens with zero attached hydrogens (tertiary/aromatic N) is 2. The highest BCUT2D eigenvalue weighted by Gasteiger charge is 2.60.